The quantitative estimate of drug-likeness (QED) is 0.215. The zero-order valence-corrected chi connectivity index (χ0v) is 8.18. The summed E-state index contributed by atoms with van der Waals surface area (Å²) in [5.41, 5.74) is 0. The topological polar surface area (TPSA) is 124 Å². The van der Waals surface area contributed by atoms with Gasteiger partial charge >= 0.3 is 38.8 Å². The van der Waals surface area contributed by atoms with E-state index in [0.29, 0.717) is 0 Å². The van der Waals surface area contributed by atoms with Gasteiger partial charge in [0.2, 0.25) is 0 Å². The zero-order chi connectivity index (χ0) is 6.41. The predicted octanol–water partition coefficient (Wildman–Crippen LogP) is -7.35. The molecule has 8 heteroatoms. The van der Waals surface area contributed by atoms with Crippen molar-refractivity contribution >= 4 is 29.6 Å². The van der Waals surface area contributed by atoms with Gasteiger partial charge in [-0.15, -0.1) is 0 Å². The Bertz CT molecular complexity index is 67.1. The number of halogens is 1. The molecule has 0 rings (SSSR count). The molecule has 0 unspecified atom stereocenters. The van der Waals surface area contributed by atoms with Crippen LogP contribution in [0.2, 0.25) is 0 Å². The summed E-state index contributed by atoms with van der Waals surface area (Å²) < 4.78 is 45.7. The fourth-order valence-electron chi connectivity index (χ4n) is 0. The Balaban J connectivity index is 0. The number of hydrogen-bond acceptors (Lipinski definition) is 6. The van der Waals surface area contributed by atoms with Crippen molar-refractivity contribution in [3.63, 3.8) is 0 Å². The van der Waals surface area contributed by atoms with Crippen LogP contribution in [0.25, 0.3) is 0 Å². The summed E-state index contributed by atoms with van der Waals surface area (Å²) in [5, 5.41) is 0. The van der Waals surface area contributed by atoms with Crippen LogP contribution < -0.4 is 21.6 Å². The number of rotatable bonds is 0. The molecule has 0 aromatic heterocycles. The van der Waals surface area contributed by atoms with Crippen molar-refractivity contribution in [3.05, 3.63) is 0 Å². The predicted molar refractivity (Wildman–Crippen MR) is 16.8 cm³/mol. The maximum atomic E-state index is 9.22. The van der Waals surface area contributed by atoms with E-state index in [1.165, 1.54) is 0 Å². The van der Waals surface area contributed by atoms with E-state index in [-0.39, 0.29) is 29.6 Å². The Hall–Kier alpha value is 1.49. The molecule has 49 valence electrons. The molecule has 0 aromatic carbocycles. The van der Waals surface area contributed by atoms with Gasteiger partial charge in [-0.05, 0) is 0 Å². The van der Waals surface area contributed by atoms with Crippen LogP contribution in [0, 0.1) is 0 Å². The fraction of sp³-hybridized carbons (Fsp3) is 0. The van der Waals surface area contributed by atoms with E-state index in [1.807, 2.05) is 0 Å². The van der Waals surface area contributed by atoms with Gasteiger partial charge in [0.15, 0.2) is 0 Å². The molecule has 0 amide bonds. The summed E-state index contributed by atoms with van der Waals surface area (Å²) in [6.45, 7) is 0. The third-order valence-corrected chi connectivity index (χ3v) is 0. The van der Waals surface area contributed by atoms with E-state index < -0.39 is 18.2 Å². The molecule has 0 bridgehead atoms. The summed E-state index contributed by atoms with van der Waals surface area (Å²) in [6, 6.07) is 0. The van der Waals surface area contributed by atoms with Crippen molar-refractivity contribution in [2.45, 2.75) is 0 Å². The summed E-state index contributed by atoms with van der Waals surface area (Å²) in [4.78, 5) is 0. The second-order valence-electron chi connectivity index (χ2n) is 1.10. The molecule has 0 aromatic rings. The first-order valence-electron chi connectivity index (χ1n) is 0.999. The van der Waals surface area contributed by atoms with Crippen LogP contribution >= 0.6 is 0 Å². The first-order valence-corrected chi connectivity index (χ1v) is 6.70. The van der Waals surface area contributed by atoms with E-state index in [0.717, 1.165) is 0 Å². The molecule has 0 saturated heterocycles. The van der Waals surface area contributed by atoms with E-state index in [2.05, 4.69) is 0 Å². The van der Waals surface area contributed by atoms with Gasteiger partial charge < -0.3 is 0 Å². The van der Waals surface area contributed by atoms with E-state index in [4.69, 9.17) is 17.2 Å². The molecule has 6 nitrogen and oxygen atoms in total. The Morgan fingerprint density at radius 3 is 0.875 bits per heavy atom. The fourth-order valence-corrected chi connectivity index (χ4v) is 0. The van der Waals surface area contributed by atoms with E-state index in [1.54, 1.807) is 0 Å². The van der Waals surface area contributed by atoms with Crippen molar-refractivity contribution in [2.75, 3.05) is 0 Å². The minimum absolute atomic E-state index is 0. The molecule has 0 fully saturated rings. The molecule has 0 saturated carbocycles. The van der Waals surface area contributed by atoms with Gasteiger partial charge in [0.05, 0.1) is 0 Å². The summed E-state index contributed by atoms with van der Waals surface area (Å²) in [6.07, 6.45) is 0. The van der Waals surface area contributed by atoms with Gasteiger partial charge in [-0.3, -0.25) is 0 Å². The molecule has 8 heavy (non-hydrogen) atoms. The third kappa shape index (κ3) is 142. The van der Waals surface area contributed by atoms with Crippen LogP contribution in [0.1, 0.15) is 0 Å². The molecule has 5 N–H and O–H groups in total. The van der Waals surface area contributed by atoms with Crippen molar-refractivity contribution in [2.24, 2.45) is 0 Å². The Morgan fingerprint density at radius 1 is 0.875 bits per heavy atom. The molecule has 0 aliphatic heterocycles. The standard InChI is InChI=1S/H5IO6.Na/c2-1(3,4,5,6)7;/h2-6H;. The molecule has 0 atom stereocenters. The number of hydrogen-bond donors (Lipinski definition) is 5. The van der Waals surface area contributed by atoms with Crippen molar-refractivity contribution < 1.29 is 38.8 Å². The van der Waals surface area contributed by atoms with Gasteiger partial charge in [0, 0.05) is 29.6 Å². The Morgan fingerprint density at radius 2 is 0.875 bits per heavy atom. The van der Waals surface area contributed by atoms with Gasteiger partial charge in [0.1, 0.15) is 0 Å². The third-order valence-electron chi connectivity index (χ3n) is 0. The monoisotopic (exact) mass is 251 g/mol. The van der Waals surface area contributed by atoms with Crippen LogP contribution in [0.4, 0.5) is 0 Å². The maximum absolute atomic E-state index is 9.22. The molecule has 0 aliphatic carbocycles. The Labute approximate surface area is 67.7 Å². The average Bonchev–Trinajstić information content (AvgIpc) is 0.592. The summed E-state index contributed by atoms with van der Waals surface area (Å²) >= 11 is -8.37. The molecule has 0 heterocycles. The first kappa shape index (κ1) is 12.2. The van der Waals surface area contributed by atoms with E-state index >= 15 is 0 Å². The minimum atomic E-state index is -8.37. The van der Waals surface area contributed by atoms with Crippen molar-refractivity contribution in [1.82, 2.24) is 0 Å². The SMILES string of the molecule is [Na].[O-][I+](O)(O)(O)(O)O. The molecular weight excluding hydrogens is 246 g/mol. The molecule has 1 radical (unpaired) electrons. The average molecular weight is 251 g/mol. The van der Waals surface area contributed by atoms with Crippen LogP contribution in [-0.4, -0.2) is 46.7 Å². The van der Waals surface area contributed by atoms with Gasteiger partial charge in [-0.25, -0.2) is 0 Å². The van der Waals surface area contributed by atoms with Crippen LogP contribution in [0.15, 0.2) is 0 Å². The van der Waals surface area contributed by atoms with Crippen LogP contribution in [0.5, 0.6) is 0 Å². The molecule has 0 aliphatic rings. The van der Waals surface area contributed by atoms with Crippen LogP contribution in [-0.2, 0) is 0 Å². The van der Waals surface area contributed by atoms with Gasteiger partial charge in [0.25, 0.3) is 0 Å². The second-order valence-corrected chi connectivity index (χ2v) is 7.39. The van der Waals surface area contributed by atoms with Gasteiger partial charge in [-0.1, -0.05) is 0 Å². The van der Waals surface area contributed by atoms with Crippen molar-refractivity contribution in [3.8, 4) is 0 Å². The Kier molecular flexibility index (Phi) is 2.67. The summed E-state index contributed by atoms with van der Waals surface area (Å²) in [5.74, 6) is 0. The zero-order valence-electron chi connectivity index (χ0n) is 4.02. The summed E-state index contributed by atoms with van der Waals surface area (Å²) in [7, 11) is 0. The normalized spacial score (nSPS) is 20.2. The van der Waals surface area contributed by atoms with Crippen molar-refractivity contribution in [1.29, 1.82) is 0 Å². The van der Waals surface area contributed by atoms with Crippen LogP contribution in [0.3, 0.4) is 0 Å². The molecular formula is H5INaO6. The first-order chi connectivity index (χ1) is 2.45. The second kappa shape index (κ2) is 1.75. The van der Waals surface area contributed by atoms with E-state index in [9.17, 15) is 3.44 Å². The van der Waals surface area contributed by atoms with Gasteiger partial charge in [-0.2, -0.15) is 0 Å². The molecule has 0 spiro atoms.